The Morgan fingerprint density at radius 2 is 1.73 bits per heavy atom. The summed E-state index contributed by atoms with van der Waals surface area (Å²) in [5.74, 6) is 0. The van der Waals surface area contributed by atoms with Crippen molar-refractivity contribution >= 4 is 0 Å². The minimum absolute atomic E-state index is 0.602. The maximum absolute atomic E-state index is 5.55. The summed E-state index contributed by atoms with van der Waals surface area (Å²) in [5, 5.41) is 0. The summed E-state index contributed by atoms with van der Waals surface area (Å²) in [6.45, 7) is 0. The van der Waals surface area contributed by atoms with Gasteiger partial charge in [0.15, 0.2) is 0 Å². The summed E-state index contributed by atoms with van der Waals surface area (Å²) in [7, 11) is 1.88. The van der Waals surface area contributed by atoms with Gasteiger partial charge in [-0.25, -0.2) is 0 Å². The number of ether oxygens (including phenoxy) is 1. The van der Waals surface area contributed by atoms with E-state index < -0.39 is 0 Å². The van der Waals surface area contributed by atoms with Crippen LogP contribution in [0.25, 0.3) is 0 Å². The highest BCUT2D eigenvalue weighted by Crippen LogP contribution is 2.51. The van der Waals surface area contributed by atoms with Crippen molar-refractivity contribution in [2.75, 3.05) is 7.11 Å². The van der Waals surface area contributed by atoms with Gasteiger partial charge in [-0.2, -0.15) is 0 Å². The van der Waals surface area contributed by atoms with Crippen LogP contribution in [-0.2, 0) is 4.74 Å². The van der Waals surface area contributed by atoms with Crippen LogP contribution in [0.2, 0.25) is 0 Å². The van der Waals surface area contributed by atoms with Crippen molar-refractivity contribution in [2.45, 2.75) is 51.0 Å². The second-order valence-corrected chi connectivity index (χ2v) is 4.19. The van der Waals surface area contributed by atoms with Crippen molar-refractivity contribution in [1.29, 1.82) is 0 Å². The van der Waals surface area contributed by atoms with Gasteiger partial charge in [0.2, 0.25) is 0 Å². The first-order valence-electron chi connectivity index (χ1n) is 4.90. The molecule has 2 rings (SSSR count). The van der Waals surface area contributed by atoms with E-state index in [9.17, 15) is 0 Å². The second-order valence-electron chi connectivity index (χ2n) is 4.19. The molecule has 0 heterocycles. The summed E-state index contributed by atoms with van der Waals surface area (Å²) >= 11 is 0. The first kappa shape index (κ1) is 7.60. The molecule has 64 valence electrons. The topological polar surface area (TPSA) is 9.23 Å². The number of hydrogen-bond acceptors (Lipinski definition) is 1. The molecule has 2 fully saturated rings. The quantitative estimate of drug-likeness (QED) is 0.564. The second kappa shape index (κ2) is 2.78. The fourth-order valence-electron chi connectivity index (χ4n) is 3.13. The van der Waals surface area contributed by atoms with Gasteiger partial charge in [0, 0.05) is 7.11 Å². The molecule has 2 saturated carbocycles. The largest absolute Gasteiger partial charge is 0.381 e. The van der Waals surface area contributed by atoms with Gasteiger partial charge in [0.05, 0.1) is 6.10 Å². The molecule has 0 aromatic carbocycles. The molecule has 0 bridgehead atoms. The maximum atomic E-state index is 5.55. The average Bonchev–Trinajstić information content (AvgIpc) is 2.62. The van der Waals surface area contributed by atoms with Gasteiger partial charge in [0.25, 0.3) is 0 Å². The highest BCUT2D eigenvalue weighted by Gasteiger charge is 2.44. The zero-order valence-corrected chi connectivity index (χ0v) is 7.44. The van der Waals surface area contributed by atoms with E-state index in [2.05, 4.69) is 0 Å². The van der Waals surface area contributed by atoms with E-state index in [0.717, 1.165) is 0 Å². The van der Waals surface area contributed by atoms with Gasteiger partial charge in [-0.3, -0.25) is 0 Å². The lowest BCUT2D eigenvalue weighted by molar-refractivity contribution is 0.0141. The first-order chi connectivity index (χ1) is 5.37. The molecule has 11 heavy (non-hydrogen) atoms. The standard InChI is InChI=1S/C10H18O/c1-11-9-5-4-8-10(9)6-2-3-7-10/h9H,2-8H2,1H3. The molecule has 1 heteroatoms. The average molecular weight is 154 g/mol. The van der Waals surface area contributed by atoms with Crippen LogP contribution >= 0.6 is 0 Å². The van der Waals surface area contributed by atoms with Crippen molar-refractivity contribution in [2.24, 2.45) is 5.41 Å². The highest BCUT2D eigenvalue weighted by molar-refractivity contribution is 4.95. The fraction of sp³-hybridized carbons (Fsp3) is 1.00. The Morgan fingerprint density at radius 3 is 2.36 bits per heavy atom. The van der Waals surface area contributed by atoms with Crippen LogP contribution in [-0.4, -0.2) is 13.2 Å². The minimum Gasteiger partial charge on any atom is -0.381 e. The number of hydrogen-bond donors (Lipinski definition) is 0. The molecule has 2 aliphatic carbocycles. The molecule has 0 radical (unpaired) electrons. The third-order valence-corrected chi connectivity index (χ3v) is 3.71. The molecule has 0 aliphatic heterocycles. The van der Waals surface area contributed by atoms with Crippen LogP contribution < -0.4 is 0 Å². The van der Waals surface area contributed by atoms with Crippen molar-refractivity contribution in [3.63, 3.8) is 0 Å². The molecule has 0 aromatic rings. The molecule has 2 aliphatic rings. The van der Waals surface area contributed by atoms with E-state index in [1.165, 1.54) is 44.9 Å². The molecule has 0 amide bonds. The molecule has 0 N–H and O–H groups in total. The Morgan fingerprint density at radius 1 is 1.09 bits per heavy atom. The van der Waals surface area contributed by atoms with Crippen molar-refractivity contribution in [3.05, 3.63) is 0 Å². The predicted octanol–water partition coefficient (Wildman–Crippen LogP) is 2.75. The van der Waals surface area contributed by atoms with Gasteiger partial charge in [-0.15, -0.1) is 0 Å². The van der Waals surface area contributed by atoms with E-state index in [1.807, 2.05) is 7.11 Å². The summed E-state index contributed by atoms with van der Waals surface area (Å²) < 4.78 is 5.55. The molecule has 0 aromatic heterocycles. The van der Waals surface area contributed by atoms with E-state index in [0.29, 0.717) is 11.5 Å². The summed E-state index contributed by atoms with van der Waals surface area (Å²) in [6.07, 6.45) is 10.5. The van der Waals surface area contributed by atoms with Crippen molar-refractivity contribution < 1.29 is 4.74 Å². The monoisotopic (exact) mass is 154 g/mol. The lowest BCUT2D eigenvalue weighted by atomic mass is 9.82. The molecular weight excluding hydrogens is 136 g/mol. The van der Waals surface area contributed by atoms with Gasteiger partial charge in [-0.05, 0) is 31.1 Å². The Kier molecular flexibility index (Phi) is 1.92. The van der Waals surface area contributed by atoms with Crippen LogP contribution in [0, 0.1) is 5.41 Å². The highest BCUT2D eigenvalue weighted by atomic mass is 16.5. The summed E-state index contributed by atoms with van der Waals surface area (Å²) in [6, 6.07) is 0. The number of rotatable bonds is 1. The SMILES string of the molecule is COC1CCCC12CCCC2. The minimum atomic E-state index is 0.602. The van der Waals surface area contributed by atoms with Crippen LogP contribution in [0.15, 0.2) is 0 Å². The summed E-state index contributed by atoms with van der Waals surface area (Å²) in [5.41, 5.74) is 0.634. The number of methoxy groups -OCH3 is 1. The zero-order valence-electron chi connectivity index (χ0n) is 7.44. The van der Waals surface area contributed by atoms with Crippen LogP contribution in [0.5, 0.6) is 0 Å². The normalized spacial score (nSPS) is 35.2. The van der Waals surface area contributed by atoms with E-state index >= 15 is 0 Å². The fourth-order valence-corrected chi connectivity index (χ4v) is 3.13. The Hall–Kier alpha value is -0.0400. The van der Waals surface area contributed by atoms with Gasteiger partial charge >= 0.3 is 0 Å². The Labute approximate surface area is 69.1 Å². The molecule has 1 spiro atoms. The van der Waals surface area contributed by atoms with Crippen LogP contribution in [0.3, 0.4) is 0 Å². The predicted molar refractivity (Wildman–Crippen MR) is 45.5 cm³/mol. The molecular formula is C10H18O. The Bertz CT molecular complexity index is 130. The van der Waals surface area contributed by atoms with Gasteiger partial charge in [0.1, 0.15) is 0 Å². The van der Waals surface area contributed by atoms with Crippen molar-refractivity contribution in [1.82, 2.24) is 0 Å². The van der Waals surface area contributed by atoms with Crippen LogP contribution in [0.1, 0.15) is 44.9 Å². The van der Waals surface area contributed by atoms with Gasteiger partial charge < -0.3 is 4.74 Å². The van der Waals surface area contributed by atoms with Crippen molar-refractivity contribution in [3.8, 4) is 0 Å². The Balaban J connectivity index is 2.09. The molecule has 0 saturated heterocycles. The lowest BCUT2D eigenvalue weighted by Crippen LogP contribution is -2.28. The van der Waals surface area contributed by atoms with E-state index in [1.54, 1.807) is 0 Å². The third-order valence-electron chi connectivity index (χ3n) is 3.71. The molecule has 1 nitrogen and oxygen atoms in total. The lowest BCUT2D eigenvalue weighted by Gasteiger charge is -2.29. The molecule has 1 atom stereocenters. The van der Waals surface area contributed by atoms with Crippen LogP contribution in [0.4, 0.5) is 0 Å². The smallest absolute Gasteiger partial charge is 0.0627 e. The van der Waals surface area contributed by atoms with Gasteiger partial charge in [-0.1, -0.05) is 19.3 Å². The maximum Gasteiger partial charge on any atom is 0.0627 e. The molecule has 1 unspecified atom stereocenters. The van der Waals surface area contributed by atoms with E-state index in [-0.39, 0.29) is 0 Å². The van der Waals surface area contributed by atoms with E-state index in [4.69, 9.17) is 4.74 Å². The summed E-state index contributed by atoms with van der Waals surface area (Å²) in [4.78, 5) is 0. The zero-order chi connectivity index (χ0) is 7.73. The first-order valence-corrected chi connectivity index (χ1v) is 4.90. The third kappa shape index (κ3) is 1.10.